The number of fused-ring (bicyclic) bond motifs is 1. The smallest absolute Gasteiger partial charge is 0.337 e. The van der Waals surface area contributed by atoms with Gasteiger partial charge in [0.2, 0.25) is 0 Å². The summed E-state index contributed by atoms with van der Waals surface area (Å²) in [5.41, 5.74) is 1.74. The number of aromatic carboxylic acids is 3. The van der Waals surface area contributed by atoms with E-state index in [9.17, 15) is 24.6 Å². The molecule has 0 aliphatic carbocycles. The summed E-state index contributed by atoms with van der Waals surface area (Å²) in [5.74, 6) is -2.98. The molecule has 0 bridgehead atoms. The van der Waals surface area contributed by atoms with Gasteiger partial charge in [-0.15, -0.1) is 0 Å². The molecule has 0 atom stereocenters. The number of benzene rings is 2. The highest BCUT2D eigenvalue weighted by Crippen LogP contribution is 2.33. The Kier molecular flexibility index (Phi) is 4.84. The van der Waals surface area contributed by atoms with Gasteiger partial charge in [0.15, 0.2) is 0 Å². The first kappa shape index (κ1) is 19.6. The number of carboxylic acid groups (broad SMARTS) is 3. The van der Waals surface area contributed by atoms with E-state index in [4.69, 9.17) is 5.11 Å². The van der Waals surface area contributed by atoms with Crippen LogP contribution in [0.1, 0.15) is 31.1 Å². The first-order valence-electron chi connectivity index (χ1n) is 9.03. The van der Waals surface area contributed by atoms with Gasteiger partial charge in [-0.1, -0.05) is 18.2 Å². The van der Waals surface area contributed by atoms with Crippen molar-refractivity contribution < 1.29 is 29.7 Å². The van der Waals surface area contributed by atoms with Crippen LogP contribution in [0.15, 0.2) is 66.9 Å². The van der Waals surface area contributed by atoms with Crippen LogP contribution < -0.4 is 5.32 Å². The van der Waals surface area contributed by atoms with Crippen LogP contribution in [0.25, 0.3) is 16.9 Å². The molecule has 0 spiro atoms. The molecule has 0 aliphatic rings. The molecule has 31 heavy (non-hydrogen) atoms. The van der Waals surface area contributed by atoms with E-state index in [0.29, 0.717) is 28.4 Å². The fourth-order valence-corrected chi connectivity index (χ4v) is 3.19. The van der Waals surface area contributed by atoms with E-state index in [-0.39, 0.29) is 16.7 Å². The van der Waals surface area contributed by atoms with Crippen molar-refractivity contribution in [3.05, 3.63) is 83.6 Å². The summed E-state index contributed by atoms with van der Waals surface area (Å²) in [7, 11) is 0. The van der Waals surface area contributed by atoms with E-state index >= 15 is 0 Å². The van der Waals surface area contributed by atoms with Crippen molar-refractivity contribution in [3.8, 4) is 11.3 Å². The Labute approximate surface area is 174 Å². The number of carboxylic acids is 3. The molecule has 4 rings (SSSR count). The zero-order chi connectivity index (χ0) is 22.1. The summed E-state index contributed by atoms with van der Waals surface area (Å²) in [6, 6.07) is 15.2. The van der Waals surface area contributed by atoms with Crippen LogP contribution in [0.5, 0.6) is 0 Å². The summed E-state index contributed by atoms with van der Waals surface area (Å²) in [6.45, 7) is 0. The Bertz CT molecular complexity index is 1340. The number of pyridine rings is 1. The van der Waals surface area contributed by atoms with Crippen molar-refractivity contribution >= 4 is 35.1 Å². The molecule has 2 heterocycles. The van der Waals surface area contributed by atoms with E-state index in [1.807, 2.05) is 0 Å². The van der Waals surface area contributed by atoms with Crippen molar-refractivity contribution in [2.24, 2.45) is 0 Å². The van der Waals surface area contributed by atoms with Gasteiger partial charge in [-0.25, -0.2) is 19.4 Å². The molecule has 4 aromatic rings. The SMILES string of the molecule is O=C(O)c1ccc(Nc2c(-c3ccccc3C(=O)O)nc3ccc(C(=O)O)cn23)cc1. The summed E-state index contributed by atoms with van der Waals surface area (Å²) in [4.78, 5) is 38.8. The third-order valence-electron chi connectivity index (χ3n) is 4.67. The second-order valence-electron chi connectivity index (χ2n) is 6.62. The van der Waals surface area contributed by atoms with Gasteiger partial charge in [0, 0.05) is 17.4 Å². The third kappa shape index (κ3) is 3.67. The Balaban J connectivity index is 1.93. The number of hydrogen-bond donors (Lipinski definition) is 4. The van der Waals surface area contributed by atoms with Crippen LogP contribution in [0.3, 0.4) is 0 Å². The predicted molar refractivity (Wildman–Crippen MR) is 111 cm³/mol. The van der Waals surface area contributed by atoms with Crippen LogP contribution in [0, 0.1) is 0 Å². The van der Waals surface area contributed by atoms with Crippen molar-refractivity contribution in [3.63, 3.8) is 0 Å². The molecular formula is C22H15N3O6. The van der Waals surface area contributed by atoms with Gasteiger partial charge in [-0.2, -0.15) is 0 Å². The monoisotopic (exact) mass is 417 g/mol. The van der Waals surface area contributed by atoms with Gasteiger partial charge in [-0.05, 0) is 42.5 Å². The first-order valence-corrected chi connectivity index (χ1v) is 9.03. The Hall–Kier alpha value is -4.66. The highest BCUT2D eigenvalue weighted by Gasteiger charge is 2.20. The first-order chi connectivity index (χ1) is 14.8. The molecule has 0 saturated carbocycles. The number of aromatic nitrogens is 2. The van der Waals surface area contributed by atoms with Gasteiger partial charge in [0.05, 0.1) is 16.7 Å². The van der Waals surface area contributed by atoms with Gasteiger partial charge >= 0.3 is 17.9 Å². The Morgan fingerprint density at radius 2 is 1.42 bits per heavy atom. The largest absolute Gasteiger partial charge is 0.478 e. The zero-order valence-electron chi connectivity index (χ0n) is 15.8. The lowest BCUT2D eigenvalue weighted by Gasteiger charge is -2.11. The predicted octanol–water partition coefficient (Wildman–Crippen LogP) is 3.84. The standard InChI is InChI=1S/C22H15N3O6/c26-20(27)12-5-8-14(9-6-12)23-19-18(15-3-1-2-4-16(15)22(30)31)24-17-10-7-13(21(28)29)11-25(17)19/h1-11,23H,(H,26,27)(H,28,29)(H,30,31). The van der Waals surface area contributed by atoms with Crippen LogP contribution in [0.2, 0.25) is 0 Å². The Morgan fingerprint density at radius 3 is 2.06 bits per heavy atom. The number of hydrogen-bond acceptors (Lipinski definition) is 5. The van der Waals surface area contributed by atoms with Crippen molar-refractivity contribution in [2.45, 2.75) is 0 Å². The van der Waals surface area contributed by atoms with Gasteiger partial charge in [-0.3, -0.25) is 4.40 Å². The van der Waals surface area contributed by atoms with Gasteiger partial charge in [0.25, 0.3) is 0 Å². The molecule has 0 unspecified atom stereocenters. The number of carbonyl (C=O) groups is 3. The lowest BCUT2D eigenvalue weighted by Crippen LogP contribution is -2.03. The molecule has 2 aromatic heterocycles. The second-order valence-corrected chi connectivity index (χ2v) is 6.62. The summed E-state index contributed by atoms with van der Waals surface area (Å²) < 4.78 is 1.52. The fourth-order valence-electron chi connectivity index (χ4n) is 3.19. The van der Waals surface area contributed by atoms with Crippen LogP contribution in [-0.2, 0) is 0 Å². The lowest BCUT2D eigenvalue weighted by atomic mass is 10.0. The molecule has 0 saturated heterocycles. The normalized spacial score (nSPS) is 10.7. The van der Waals surface area contributed by atoms with Crippen LogP contribution in [0.4, 0.5) is 11.5 Å². The average Bonchev–Trinajstić information content (AvgIpc) is 3.11. The minimum absolute atomic E-state index is 0.0206. The summed E-state index contributed by atoms with van der Waals surface area (Å²) in [6.07, 6.45) is 1.38. The number of rotatable bonds is 6. The van der Waals surface area contributed by atoms with E-state index < -0.39 is 17.9 Å². The number of nitrogens with one attached hydrogen (secondary N) is 1. The van der Waals surface area contributed by atoms with E-state index in [1.165, 1.54) is 40.9 Å². The molecule has 4 N–H and O–H groups in total. The molecule has 154 valence electrons. The van der Waals surface area contributed by atoms with Gasteiger partial charge in [0.1, 0.15) is 17.2 Å². The molecule has 0 fully saturated rings. The molecule has 9 heteroatoms. The topological polar surface area (TPSA) is 141 Å². The van der Waals surface area contributed by atoms with Crippen LogP contribution in [-0.4, -0.2) is 42.6 Å². The highest BCUT2D eigenvalue weighted by molar-refractivity contribution is 5.98. The lowest BCUT2D eigenvalue weighted by molar-refractivity contribution is 0.0685. The average molecular weight is 417 g/mol. The van der Waals surface area contributed by atoms with E-state index in [0.717, 1.165) is 0 Å². The summed E-state index contributed by atoms with van der Waals surface area (Å²) in [5, 5.41) is 31.2. The number of imidazole rings is 1. The maximum atomic E-state index is 11.7. The highest BCUT2D eigenvalue weighted by atomic mass is 16.4. The van der Waals surface area contributed by atoms with Crippen molar-refractivity contribution in [1.29, 1.82) is 0 Å². The number of anilines is 2. The molecule has 9 nitrogen and oxygen atoms in total. The molecule has 0 radical (unpaired) electrons. The van der Waals surface area contributed by atoms with E-state index in [2.05, 4.69) is 10.3 Å². The minimum Gasteiger partial charge on any atom is -0.478 e. The maximum Gasteiger partial charge on any atom is 0.337 e. The number of nitrogens with zero attached hydrogens (tertiary/aromatic N) is 2. The Morgan fingerprint density at radius 1 is 0.774 bits per heavy atom. The van der Waals surface area contributed by atoms with Crippen LogP contribution >= 0.6 is 0 Å². The third-order valence-corrected chi connectivity index (χ3v) is 4.67. The quantitative estimate of drug-likeness (QED) is 0.371. The minimum atomic E-state index is -1.13. The van der Waals surface area contributed by atoms with E-state index in [1.54, 1.807) is 30.3 Å². The van der Waals surface area contributed by atoms with Crippen molar-refractivity contribution in [2.75, 3.05) is 5.32 Å². The summed E-state index contributed by atoms with van der Waals surface area (Å²) >= 11 is 0. The molecule has 0 amide bonds. The van der Waals surface area contributed by atoms with Crippen molar-refractivity contribution in [1.82, 2.24) is 9.38 Å². The molecular weight excluding hydrogens is 402 g/mol. The fraction of sp³-hybridized carbons (Fsp3) is 0. The molecule has 2 aromatic carbocycles. The zero-order valence-corrected chi connectivity index (χ0v) is 15.8. The maximum absolute atomic E-state index is 11.7. The molecule has 0 aliphatic heterocycles. The van der Waals surface area contributed by atoms with Gasteiger partial charge < -0.3 is 20.6 Å². The second kappa shape index (κ2) is 7.64.